The monoisotopic (exact) mass is 447 g/mol. The molecule has 0 aliphatic carbocycles. The summed E-state index contributed by atoms with van der Waals surface area (Å²) in [4.78, 5) is 22.3. The second kappa shape index (κ2) is 7.66. The van der Waals surface area contributed by atoms with Crippen LogP contribution in [0.4, 0.5) is 23.4 Å². The normalized spacial score (nSPS) is 11.8. The van der Waals surface area contributed by atoms with Gasteiger partial charge >= 0.3 is 6.18 Å². The fraction of sp³-hybridized carbons (Fsp3) is 0.190. The lowest BCUT2D eigenvalue weighted by molar-refractivity contribution is -0.137. The fourth-order valence-corrected chi connectivity index (χ4v) is 3.45. The molecule has 0 spiro atoms. The summed E-state index contributed by atoms with van der Waals surface area (Å²) >= 11 is 0. The van der Waals surface area contributed by atoms with Crippen LogP contribution in [-0.4, -0.2) is 39.3 Å². The molecule has 0 saturated carbocycles. The number of hydrogen-bond donors (Lipinski definition) is 1. The van der Waals surface area contributed by atoms with Gasteiger partial charge in [0.2, 0.25) is 0 Å². The van der Waals surface area contributed by atoms with Gasteiger partial charge in [0.15, 0.2) is 0 Å². The quantitative estimate of drug-likeness (QED) is 0.480. The zero-order valence-electron chi connectivity index (χ0n) is 16.9. The lowest BCUT2D eigenvalue weighted by Gasteiger charge is -2.20. The molecule has 2 N–H and O–H groups in total. The van der Waals surface area contributed by atoms with E-state index in [4.69, 9.17) is 10.5 Å². The highest BCUT2D eigenvalue weighted by atomic mass is 19.4. The average molecular weight is 447 g/mol. The SMILES string of the molecule is COc1cc(C(F)(F)F)ccc1CN(C)C(=O)c1cc2c(cc1F)nc(N)c1cncn12. The number of benzene rings is 2. The number of amides is 1. The summed E-state index contributed by atoms with van der Waals surface area (Å²) in [7, 11) is 2.65. The Bertz CT molecular complexity index is 1350. The molecule has 2 aromatic heterocycles. The van der Waals surface area contributed by atoms with Gasteiger partial charge in [0.1, 0.15) is 22.9 Å². The first-order chi connectivity index (χ1) is 15.1. The number of anilines is 1. The summed E-state index contributed by atoms with van der Waals surface area (Å²) in [6.45, 7) is -0.0991. The Morgan fingerprint density at radius 1 is 1.22 bits per heavy atom. The molecule has 0 fully saturated rings. The maximum Gasteiger partial charge on any atom is 0.416 e. The van der Waals surface area contributed by atoms with E-state index >= 15 is 0 Å². The molecule has 11 heteroatoms. The van der Waals surface area contributed by atoms with Crippen molar-refractivity contribution in [3.63, 3.8) is 0 Å². The van der Waals surface area contributed by atoms with Gasteiger partial charge in [-0.05, 0) is 18.2 Å². The first-order valence-electron chi connectivity index (χ1n) is 9.30. The van der Waals surface area contributed by atoms with E-state index in [9.17, 15) is 22.4 Å². The highest BCUT2D eigenvalue weighted by Gasteiger charge is 2.31. The lowest BCUT2D eigenvalue weighted by atomic mass is 10.1. The standard InChI is InChI=1S/C21H17F4N5O2/c1-29(9-11-3-4-12(21(23,24)25)5-18(11)32-2)20(31)13-6-16-15(7-14(13)22)28-19(26)17-8-27-10-30(16)17/h3-8,10H,9H2,1-2H3,(H2,26,28). The number of hydrogen-bond acceptors (Lipinski definition) is 5. The van der Waals surface area contributed by atoms with Crippen LogP contribution < -0.4 is 10.5 Å². The Kier molecular flexibility index (Phi) is 5.11. The third kappa shape index (κ3) is 3.66. The van der Waals surface area contributed by atoms with Crippen LogP contribution >= 0.6 is 0 Å². The van der Waals surface area contributed by atoms with Crippen molar-refractivity contribution in [3.05, 3.63) is 65.4 Å². The number of nitrogens with zero attached hydrogens (tertiary/aromatic N) is 4. The number of nitrogens with two attached hydrogens (primary N) is 1. The van der Waals surface area contributed by atoms with Crippen molar-refractivity contribution < 1.29 is 27.1 Å². The predicted octanol–water partition coefficient (Wildman–Crippen LogP) is 3.90. The summed E-state index contributed by atoms with van der Waals surface area (Å²) in [5, 5.41) is 0. The van der Waals surface area contributed by atoms with Crippen LogP contribution in [0.5, 0.6) is 5.75 Å². The largest absolute Gasteiger partial charge is 0.496 e. The first kappa shape index (κ1) is 21.3. The highest BCUT2D eigenvalue weighted by molar-refractivity contribution is 5.98. The van der Waals surface area contributed by atoms with Gasteiger partial charge in [-0.25, -0.2) is 14.4 Å². The number of nitrogen functional groups attached to an aromatic ring is 1. The van der Waals surface area contributed by atoms with Gasteiger partial charge < -0.3 is 15.4 Å². The number of methoxy groups -OCH3 is 1. The number of imidazole rings is 1. The second-order valence-electron chi connectivity index (χ2n) is 7.15. The van der Waals surface area contributed by atoms with Gasteiger partial charge in [0, 0.05) is 25.2 Å². The molecule has 0 unspecified atom stereocenters. The Morgan fingerprint density at radius 3 is 2.66 bits per heavy atom. The molecule has 166 valence electrons. The molecule has 1 amide bonds. The molecule has 7 nitrogen and oxygen atoms in total. The number of carbonyl (C=O) groups excluding carboxylic acids is 1. The fourth-order valence-electron chi connectivity index (χ4n) is 3.45. The molecule has 0 aliphatic rings. The van der Waals surface area contributed by atoms with Crippen molar-refractivity contribution in [1.82, 2.24) is 19.3 Å². The smallest absolute Gasteiger partial charge is 0.416 e. The van der Waals surface area contributed by atoms with E-state index in [0.717, 1.165) is 18.2 Å². The van der Waals surface area contributed by atoms with Crippen molar-refractivity contribution >= 4 is 28.3 Å². The molecular formula is C21H17F4N5O2. The van der Waals surface area contributed by atoms with E-state index in [-0.39, 0.29) is 29.2 Å². The van der Waals surface area contributed by atoms with Crippen LogP contribution in [-0.2, 0) is 12.7 Å². The maximum atomic E-state index is 14.8. The lowest BCUT2D eigenvalue weighted by Crippen LogP contribution is -2.27. The number of aromatic nitrogens is 3. The Labute approximate surface area is 179 Å². The van der Waals surface area contributed by atoms with Crippen molar-refractivity contribution in [3.8, 4) is 5.75 Å². The molecule has 0 aliphatic heterocycles. The number of alkyl halides is 3. The van der Waals surface area contributed by atoms with Crippen LogP contribution in [0, 0.1) is 5.82 Å². The topological polar surface area (TPSA) is 85.8 Å². The van der Waals surface area contributed by atoms with Crippen LogP contribution in [0.15, 0.2) is 42.9 Å². The minimum atomic E-state index is -4.53. The third-order valence-corrected chi connectivity index (χ3v) is 5.06. The highest BCUT2D eigenvalue weighted by Crippen LogP contribution is 2.33. The number of fused-ring (bicyclic) bond motifs is 3. The molecule has 0 radical (unpaired) electrons. The molecule has 0 bridgehead atoms. The second-order valence-corrected chi connectivity index (χ2v) is 7.15. The molecule has 2 aromatic carbocycles. The number of ether oxygens (including phenoxy) is 1. The Balaban J connectivity index is 1.69. The van der Waals surface area contributed by atoms with Gasteiger partial charge in [-0.1, -0.05) is 6.07 Å². The molecule has 32 heavy (non-hydrogen) atoms. The van der Waals surface area contributed by atoms with Crippen molar-refractivity contribution in [1.29, 1.82) is 0 Å². The van der Waals surface area contributed by atoms with Crippen LogP contribution in [0.2, 0.25) is 0 Å². The first-order valence-corrected chi connectivity index (χ1v) is 9.30. The van der Waals surface area contributed by atoms with E-state index in [0.29, 0.717) is 16.6 Å². The van der Waals surface area contributed by atoms with Gasteiger partial charge in [0.25, 0.3) is 5.91 Å². The Hall–Kier alpha value is -3.89. The van der Waals surface area contributed by atoms with E-state index in [1.165, 1.54) is 43.7 Å². The van der Waals surface area contributed by atoms with Crippen molar-refractivity contribution in [2.24, 2.45) is 0 Å². The van der Waals surface area contributed by atoms with Gasteiger partial charge in [-0.2, -0.15) is 13.2 Å². The zero-order chi connectivity index (χ0) is 23.2. The van der Waals surface area contributed by atoms with Gasteiger partial charge in [-0.15, -0.1) is 0 Å². The van der Waals surface area contributed by atoms with Gasteiger partial charge in [-0.3, -0.25) is 9.20 Å². The molecule has 0 saturated heterocycles. The summed E-state index contributed by atoms with van der Waals surface area (Å²) in [6.07, 6.45) is -1.56. The molecule has 4 rings (SSSR count). The van der Waals surface area contributed by atoms with Crippen LogP contribution in [0.25, 0.3) is 16.6 Å². The number of carbonyl (C=O) groups is 1. The summed E-state index contributed by atoms with van der Waals surface area (Å²) in [5.41, 5.74) is 6.28. The van der Waals surface area contributed by atoms with E-state index in [2.05, 4.69) is 9.97 Å². The number of halogens is 4. The zero-order valence-corrected chi connectivity index (χ0v) is 16.9. The van der Waals surface area contributed by atoms with Gasteiger partial charge in [0.05, 0.1) is 41.8 Å². The summed E-state index contributed by atoms with van der Waals surface area (Å²) < 4.78 is 60.3. The van der Waals surface area contributed by atoms with E-state index in [1.54, 1.807) is 4.40 Å². The summed E-state index contributed by atoms with van der Waals surface area (Å²) in [6, 6.07) is 5.43. The predicted molar refractivity (Wildman–Crippen MR) is 109 cm³/mol. The molecule has 2 heterocycles. The minimum absolute atomic E-state index is 0.0294. The maximum absolute atomic E-state index is 14.8. The van der Waals surface area contributed by atoms with Crippen LogP contribution in [0.1, 0.15) is 21.5 Å². The van der Waals surface area contributed by atoms with Crippen LogP contribution in [0.3, 0.4) is 0 Å². The van der Waals surface area contributed by atoms with E-state index in [1.807, 2.05) is 0 Å². The third-order valence-electron chi connectivity index (χ3n) is 5.06. The molecule has 4 aromatic rings. The van der Waals surface area contributed by atoms with Crippen molar-refractivity contribution in [2.75, 3.05) is 19.9 Å². The molecular weight excluding hydrogens is 430 g/mol. The minimum Gasteiger partial charge on any atom is -0.496 e. The summed E-state index contributed by atoms with van der Waals surface area (Å²) in [5.74, 6) is -1.34. The molecule has 0 atom stereocenters. The average Bonchev–Trinajstić information content (AvgIpc) is 3.23. The van der Waals surface area contributed by atoms with E-state index < -0.39 is 23.5 Å². The number of rotatable bonds is 4. The Morgan fingerprint density at radius 2 is 1.97 bits per heavy atom. The van der Waals surface area contributed by atoms with Crippen molar-refractivity contribution in [2.45, 2.75) is 12.7 Å².